The number of aromatic nitrogens is 1. The lowest BCUT2D eigenvalue weighted by molar-refractivity contribution is 0.640. The molecule has 5 aromatic rings. The maximum atomic E-state index is 7.24. The van der Waals surface area contributed by atoms with Crippen molar-refractivity contribution < 1.29 is 0 Å². The summed E-state index contributed by atoms with van der Waals surface area (Å²) in [6, 6.07) is 23.0. The van der Waals surface area contributed by atoms with Crippen molar-refractivity contribution in [2.24, 2.45) is 0 Å². The molecule has 0 amide bonds. The molecular formula is C42H45ClN2. The van der Waals surface area contributed by atoms with Crippen molar-refractivity contribution in [3.8, 4) is 0 Å². The molecule has 45 heavy (non-hydrogen) atoms. The summed E-state index contributed by atoms with van der Waals surface area (Å²) in [5, 5.41) is 9.13. The van der Waals surface area contributed by atoms with Crippen molar-refractivity contribution in [2.45, 2.75) is 85.2 Å². The van der Waals surface area contributed by atoms with Crippen molar-refractivity contribution >= 4 is 55.8 Å². The minimum Gasteiger partial charge on any atom is -0.360 e. The van der Waals surface area contributed by atoms with E-state index >= 15 is 0 Å². The average molecular weight is 613 g/mol. The van der Waals surface area contributed by atoms with E-state index in [0.29, 0.717) is 0 Å². The first-order chi connectivity index (χ1) is 22.0. The fourth-order valence-electron chi connectivity index (χ4n) is 7.74. The Balaban J connectivity index is 1.28. The largest absolute Gasteiger partial charge is 0.360 e. The fraction of sp³-hybridized carbons (Fsp3) is 0.333. The molecule has 0 bridgehead atoms. The molecule has 1 unspecified atom stereocenters. The number of aryl methyl sites for hydroxylation is 3. The summed E-state index contributed by atoms with van der Waals surface area (Å²) in [5.74, 6) is 0. The first-order valence-corrected chi connectivity index (χ1v) is 17.5. The first kappa shape index (κ1) is 29.9. The summed E-state index contributed by atoms with van der Waals surface area (Å²) < 4.78 is 2.53. The van der Waals surface area contributed by atoms with Crippen LogP contribution in [0.4, 0.5) is 5.69 Å². The molecule has 1 aliphatic carbocycles. The van der Waals surface area contributed by atoms with Crippen molar-refractivity contribution in [3.63, 3.8) is 0 Å². The predicted octanol–water partition coefficient (Wildman–Crippen LogP) is 11.4. The van der Waals surface area contributed by atoms with E-state index in [-0.39, 0.29) is 6.04 Å². The second kappa shape index (κ2) is 12.6. The standard InChI is InChI=1S/C42H45ClN2/c1-5-7-26-44-36(34-16-10-14-32-28(3)18-22-38(44)40(32)34)24-20-30-12-9-13-31(42(30)43)21-25-37-35-17-11-15-33-29(4)19-23-39(41(33)35)45(37)27-8-6-2/h10-11,14-25,36H,5-9,12-13,26-27H2,1-4H3. The van der Waals surface area contributed by atoms with Crippen LogP contribution in [-0.4, -0.2) is 11.1 Å². The summed E-state index contributed by atoms with van der Waals surface area (Å²) >= 11 is 7.24. The second-order valence-electron chi connectivity index (χ2n) is 13.1. The van der Waals surface area contributed by atoms with E-state index < -0.39 is 0 Å². The molecule has 1 aromatic heterocycles. The monoisotopic (exact) mass is 612 g/mol. The van der Waals surface area contributed by atoms with E-state index in [2.05, 4.69) is 122 Å². The molecule has 0 saturated carbocycles. The van der Waals surface area contributed by atoms with Crippen LogP contribution in [0.5, 0.6) is 0 Å². The topological polar surface area (TPSA) is 8.17 Å². The molecule has 1 atom stereocenters. The van der Waals surface area contributed by atoms with Crippen LogP contribution in [0.3, 0.4) is 0 Å². The molecule has 3 heteroatoms. The minimum atomic E-state index is 0.235. The average Bonchev–Trinajstić information content (AvgIpc) is 3.53. The number of nitrogens with zero attached hydrogens (tertiary/aromatic N) is 2. The van der Waals surface area contributed by atoms with Crippen LogP contribution >= 0.6 is 11.6 Å². The highest BCUT2D eigenvalue weighted by Gasteiger charge is 2.30. The highest BCUT2D eigenvalue weighted by Crippen LogP contribution is 2.46. The Morgan fingerprint density at radius 3 is 2.29 bits per heavy atom. The van der Waals surface area contributed by atoms with Crippen LogP contribution < -0.4 is 10.2 Å². The van der Waals surface area contributed by atoms with Crippen LogP contribution in [0.25, 0.3) is 38.5 Å². The lowest BCUT2D eigenvalue weighted by atomic mass is 9.93. The zero-order valence-electron chi connectivity index (χ0n) is 27.3. The zero-order chi connectivity index (χ0) is 31.1. The summed E-state index contributed by atoms with van der Waals surface area (Å²) in [6.45, 7) is 11.1. The third-order valence-electron chi connectivity index (χ3n) is 10.2. The van der Waals surface area contributed by atoms with Gasteiger partial charge in [0.1, 0.15) is 0 Å². The zero-order valence-corrected chi connectivity index (χ0v) is 28.1. The first-order valence-electron chi connectivity index (χ1n) is 17.1. The maximum absolute atomic E-state index is 7.24. The molecule has 0 radical (unpaired) electrons. The molecule has 4 aromatic carbocycles. The van der Waals surface area contributed by atoms with Gasteiger partial charge < -0.3 is 9.47 Å². The van der Waals surface area contributed by atoms with Gasteiger partial charge in [0.15, 0.2) is 0 Å². The molecule has 0 saturated heterocycles. The molecule has 0 fully saturated rings. The quantitative estimate of drug-likeness (QED) is 0.161. The number of anilines is 1. The smallest absolute Gasteiger partial charge is 0.0736 e. The molecule has 0 spiro atoms. The van der Waals surface area contributed by atoms with Gasteiger partial charge in [0.25, 0.3) is 0 Å². The molecule has 0 N–H and O–H groups in total. The van der Waals surface area contributed by atoms with Gasteiger partial charge in [0.05, 0.1) is 6.04 Å². The molecule has 2 heterocycles. The third kappa shape index (κ3) is 5.22. The van der Waals surface area contributed by atoms with Crippen molar-refractivity contribution in [3.05, 3.63) is 117 Å². The molecule has 1 aliphatic heterocycles. The molecule has 230 valence electrons. The van der Waals surface area contributed by atoms with Crippen LogP contribution in [0, 0.1) is 13.8 Å². The van der Waals surface area contributed by atoms with Crippen LogP contribution in [0.15, 0.2) is 95.1 Å². The van der Waals surface area contributed by atoms with Gasteiger partial charge in [0.2, 0.25) is 0 Å². The minimum absolute atomic E-state index is 0.235. The Hall–Kier alpha value is -3.75. The van der Waals surface area contributed by atoms with Gasteiger partial charge >= 0.3 is 0 Å². The van der Waals surface area contributed by atoms with Crippen LogP contribution in [0.1, 0.15) is 81.5 Å². The fourth-order valence-corrected chi connectivity index (χ4v) is 8.05. The van der Waals surface area contributed by atoms with E-state index in [0.717, 1.165) is 37.4 Å². The van der Waals surface area contributed by atoms with Gasteiger partial charge in [-0.2, -0.15) is 0 Å². The Morgan fingerprint density at radius 2 is 1.49 bits per heavy atom. The number of hydrogen-bond donors (Lipinski definition) is 0. The summed E-state index contributed by atoms with van der Waals surface area (Å²) in [7, 11) is 0. The van der Waals surface area contributed by atoms with Gasteiger partial charge in [-0.1, -0.05) is 105 Å². The van der Waals surface area contributed by atoms with Crippen LogP contribution in [0.2, 0.25) is 0 Å². The molecule has 7 rings (SSSR count). The number of halogens is 1. The number of benzene rings is 4. The van der Waals surface area contributed by atoms with Crippen molar-refractivity contribution in [2.75, 3.05) is 11.4 Å². The highest BCUT2D eigenvalue weighted by atomic mass is 35.5. The Morgan fingerprint density at radius 1 is 0.778 bits per heavy atom. The molecule has 2 nitrogen and oxygen atoms in total. The molecule has 2 aliphatic rings. The van der Waals surface area contributed by atoms with E-state index in [1.807, 2.05) is 0 Å². The van der Waals surface area contributed by atoms with Crippen molar-refractivity contribution in [1.82, 2.24) is 4.57 Å². The number of unbranched alkanes of at least 4 members (excludes halogenated alkanes) is 2. The van der Waals surface area contributed by atoms with E-state index in [4.69, 9.17) is 11.6 Å². The SMILES string of the molecule is CCCCN1c2ccc(C)c3cccc(c23)C1C=CC1=C(Cl)C(=CC=c2c3cccc4c(C)ccc(c43)n2CCCC)CCC1. The van der Waals surface area contributed by atoms with Crippen LogP contribution in [-0.2, 0) is 6.54 Å². The Kier molecular flexibility index (Phi) is 8.36. The van der Waals surface area contributed by atoms with E-state index in [1.165, 1.54) is 97.0 Å². The van der Waals surface area contributed by atoms with Crippen molar-refractivity contribution in [1.29, 1.82) is 0 Å². The lowest BCUT2D eigenvalue weighted by Crippen LogP contribution is -2.24. The summed E-state index contributed by atoms with van der Waals surface area (Å²) in [5.41, 5.74) is 9.34. The highest BCUT2D eigenvalue weighted by molar-refractivity contribution is 6.32. The van der Waals surface area contributed by atoms with Gasteiger partial charge in [0, 0.05) is 50.8 Å². The number of allylic oxidation sites excluding steroid dienone is 5. The summed E-state index contributed by atoms with van der Waals surface area (Å²) in [4.78, 5) is 2.61. The second-order valence-corrected chi connectivity index (χ2v) is 13.5. The van der Waals surface area contributed by atoms with Gasteiger partial charge in [-0.3, -0.25) is 0 Å². The predicted molar refractivity (Wildman–Crippen MR) is 196 cm³/mol. The van der Waals surface area contributed by atoms with Gasteiger partial charge in [-0.25, -0.2) is 0 Å². The van der Waals surface area contributed by atoms with E-state index in [9.17, 15) is 0 Å². The maximum Gasteiger partial charge on any atom is 0.0736 e. The van der Waals surface area contributed by atoms with Gasteiger partial charge in [-0.05, 0) is 103 Å². The summed E-state index contributed by atoms with van der Waals surface area (Å²) in [6.07, 6.45) is 17.3. The van der Waals surface area contributed by atoms with Gasteiger partial charge in [-0.15, -0.1) is 0 Å². The lowest BCUT2D eigenvalue weighted by Gasteiger charge is -2.27. The number of rotatable bonds is 9. The normalized spacial score (nSPS) is 18.3. The van der Waals surface area contributed by atoms with E-state index in [1.54, 1.807) is 0 Å². The Bertz CT molecular complexity index is 2050. The Labute approximate surface area is 273 Å². The third-order valence-corrected chi connectivity index (χ3v) is 10.7. The molecular weight excluding hydrogens is 568 g/mol. The number of hydrogen-bond acceptors (Lipinski definition) is 1.